The molecule has 1 fully saturated rings. The number of ether oxygens (including phenoxy) is 1. The number of carbonyl (C=O) groups excluding carboxylic acids is 1. The second kappa shape index (κ2) is 11.9. The van der Waals surface area contributed by atoms with Crippen LogP contribution < -0.4 is 10.6 Å². The van der Waals surface area contributed by atoms with Gasteiger partial charge in [-0.05, 0) is 25.5 Å². The predicted octanol–water partition coefficient (Wildman–Crippen LogP) is 2.43. The maximum Gasteiger partial charge on any atom is 0.241 e. The van der Waals surface area contributed by atoms with Crippen LogP contribution >= 0.6 is 24.0 Å². The van der Waals surface area contributed by atoms with E-state index in [2.05, 4.69) is 20.6 Å². The van der Waals surface area contributed by atoms with Crippen LogP contribution in [-0.2, 0) is 16.1 Å². The lowest BCUT2D eigenvalue weighted by Gasteiger charge is -2.16. The van der Waals surface area contributed by atoms with Gasteiger partial charge in [0, 0.05) is 38.7 Å². The summed E-state index contributed by atoms with van der Waals surface area (Å²) in [7, 11) is 3.46. The van der Waals surface area contributed by atoms with Crippen LogP contribution in [0.4, 0.5) is 0 Å². The van der Waals surface area contributed by atoms with Crippen LogP contribution in [0.5, 0.6) is 0 Å². The van der Waals surface area contributed by atoms with E-state index in [9.17, 15) is 4.79 Å². The highest BCUT2D eigenvalue weighted by molar-refractivity contribution is 14.0. The fraction of sp³-hybridized carbons (Fsp3) is 0.476. The molecule has 0 radical (unpaired) electrons. The summed E-state index contributed by atoms with van der Waals surface area (Å²) in [6.45, 7) is 4.86. The van der Waals surface area contributed by atoms with Crippen molar-refractivity contribution in [2.24, 2.45) is 10.9 Å². The minimum Gasteiger partial charge on any atom is -0.444 e. The number of oxazole rings is 1. The second-order valence-corrected chi connectivity index (χ2v) is 7.43. The normalized spacial score (nSPS) is 16.1. The first-order chi connectivity index (χ1) is 14.0. The molecule has 1 aromatic carbocycles. The van der Waals surface area contributed by atoms with Crippen LogP contribution in [0.3, 0.4) is 0 Å². The van der Waals surface area contributed by atoms with Crippen molar-refractivity contribution in [3.8, 4) is 11.5 Å². The monoisotopic (exact) mass is 527 g/mol. The molecule has 1 atom stereocenters. The Kier molecular flexibility index (Phi) is 9.57. The van der Waals surface area contributed by atoms with Gasteiger partial charge in [0.25, 0.3) is 0 Å². The van der Waals surface area contributed by atoms with Crippen molar-refractivity contribution < 1.29 is 13.9 Å². The number of hydrogen-bond donors (Lipinski definition) is 2. The zero-order valence-corrected chi connectivity index (χ0v) is 20.0. The molecule has 2 aromatic rings. The molecule has 0 saturated carbocycles. The minimum atomic E-state index is -0.0215. The van der Waals surface area contributed by atoms with Crippen LogP contribution in [0.2, 0.25) is 0 Å². The van der Waals surface area contributed by atoms with Crippen LogP contribution in [0, 0.1) is 12.8 Å². The predicted molar refractivity (Wildman–Crippen MR) is 127 cm³/mol. The molecule has 1 amide bonds. The van der Waals surface area contributed by atoms with Gasteiger partial charge in [0.15, 0.2) is 5.96 Å². The van der Waals surface area contributed by atoms with Gasteiger partial charge >= 0.3 is 0 Å². The number of aromatic nitrogens is 1. The molecular weight excluding hydrogens is 497 g/mol. The van der Waals surface area contributed by atoms with Gasteiger partial charge in [0.05, 0.1) is 19.7 Å². The maximum atomic E-state index is 11.9. The van der Waals surface area contributed by atoms with Crippen LogP contribution in [0.1, 0.15) is 17.7 Å². The Labute approximate surface area is 194 Å². The number of carbonyl (C=O) groups is 1. The standard InChI is InChI=1S/C21H29N5O3.HI/c1-15-4-6-17(7-5-15)20-25-18(14-29-20)11-23-21(24-12-19(27)26(2)3)22-10-16-8-9-28-13-16;/h4-7,14,16H,8-13H2,1-3H3,(H2,22,23,24);1H. The van der Waals surface area contributed by atoms with Crippen molar-refractivity contribution in [3.05, 3.63) is 41.8 Å². The van der Waals surface area contributed by atoms with E-state index in [0.717, 1.165) is 37.4 Å². The summed E-state index contributed by atoms with van der Waals surface area (Å²) in [6.07, 6.45) is 2.65. The molecule has 8 nitrogen and oxygen atoms in total. The number of halogens is 1. The van der Waals surface area contributed by atoms with Crippen molar-refractivity contribution in [3.63, 3.8) is 0 Å². The minimum absolute atomic E-state index is 0. The highest BCUT2D eigenvalue weighted by Gasteiger charge is 2.16. The molecule has 1 aliphatic heterocycles. The first-order valence-electron chi connectivity index (χ1n) is 9.83. The number of nitrogens with one attached hydrogen (secondary N) is 2. The second-order valence-electron chi connectivity index (χ2n) is 7.43. The van der Waals surface area contributed by atoms with Crippen LogP contribution in [0.25, 0.3) is 11.5 Å². The Hall–Kier alpha value is -2.14. The summed E-state index contributed by atoms with van der Waals surface area (Å²) in [6, 6.07) is 8.02. The molecular formula is C21H30IN5O3. The van der Waals surface area contributed by atoms with E-state index in [-0.39, 0.29) is 36.4 Å². The molecule has 30 heavy (non-hydrogen) atoms. The summed E-state index contributed by atoms with van der Waals surface area (Å²) in [5, 5.41) is 6.39. The van der Waals surface area contributed by atoms with Gasteiger partial charge in [-0.15, -0.1) is 24.0 Å². The zero-order chi connectivity index (χ0) is 20.6. The van der Waals surface area contributed by atoms with E-state index in [1.54, 1.807) is 25.3 Å². The Morgan fingerprint density at radius 1 is 1.27 bits per heavy atom. The highest BCUT2D eigenvalue weighted by atomic mass is 127. The summed E-state index contributed by atoms with van der Waals surface area (Å²) in [5.41, 5.74) is 2.84. The molecule has 2 heterocycles. The number of aliphatic imine (C=N–C) groups is 1. The van der Waals surface area contributed by atoms with Crippen molar-refractivity contribution in [2.75, 3.05) is 40.4 Å². The van der Waals surface area contributed by atoms with E-state index in [1.165, 1.54) is 5.56 Å². The summed E-state index contributed by atoms with van der Waals surface area (Å²) < 4.78 is 11.0. The first kappa shape index (κ1) is 24.1. The maximum absolute atomic E-state index is 11.9. The molecule has 1 unspecified atom stereocenters. The Bertz CT molecular complexity index is 829. The lowest BCUT2D eigenvalue weighted by atomic mass is 10.1. The molecule has 0 aliphatic carbocycles. The quantitative estimate of drug-likeness (QED) is 0.327. The summed E-state index contributed by atoms with van der Waals surface area (Å²) in [4.78, 5) is 22.5. The van der Waals surface area contributed by atoms with Crippen LogP contribution in [0.15, 0.2) is 39.9 Å². The highest BCUT2D eigenvalue weighted by Crippen LogP contribution is 2.19. The van der Waals surface area contributed by atoms with Gasteiger partial charge in [-0.2, -0.15) is 0 Å². The topological polar surface area (TPSA) is 92.0 Å². The van der Waals surface area contributed by atoms with Crippen molar-refractivity contribution in [2.45, 2.75) is 19.9 Å². The Balaban J connectivity index is 0.00000320. The molecule has 9 heteroatoms. The van der Waals surface area contributed by atoms with E-state index < -0.39 is 0 Å². The average Bonchev–Trinajstić information content (AvgIpc) is 3.39. The van der Waals surface area contributed by atoms with Crippen LogP contribution in [-0.4, -0.2) is 62.1 Å². The number of nitrogens with zero attached hydrogens (tertiary/aromatic N) is 3. The molecule has 1 saturated heterocycles. The van der Waals surface area contributed by atoms with Crippen molar-refractivity contribution in [1.82, 2.24) is 20.5 Å². The van der Waals surface area contributed by atoms with Gasteiger partial charge in [-0.1, -0.05) is 17.7 Å². The number of rotatable bonds is 7. The van der Waals surface area contributed by atoms with Gasteiger partial charge in [-0.25, -0.2) is 9.98 Å². The van der Waals surface area contributed by atoms with Crippen molar-refractivity contribution >= 4 is 35.8 Å². The number of amides is 1. The number of likely N-dealkylation sites (N-methyl/N-ethyl adjacent to an activating group) is 1. The lowest BCUT2D eigenvalue weighted by molar-refractivity contribution is -0.127. The Morgan fingerprint density at radius 3 is 2.70 bits per heavy atom. The van der Waals surface area contributed by atoms with Gasteiger partial charge in [0.2, 0.25) is 11.8 Å². The molecule has 1 aromatic heterocycles. The molecule has 0 spiro atoms. The smallest absolute Gasteiger partial charge is 0.241 e. The first-order valence-corrected chi connectivity index (χ1v) is 9.83. The van der Waals surface area contributed by atoms with E-state index in [4.69, 9.17) is 9.15 Å². The third kappa shape index (κ3) is 7.28. The number of hydrogen-bond acceptors (Lipinski definition) is 5. The van der Waals surface area contributed by atoms with E-state index in [0.29, 0.717) is 24.3 Å². The molecule has 164 valence electrons. The fourth-order valence-corrected chi connectivity index (χ4v) is 2.85. The fourth-order valence-electron chi connectivity index (χ4n) is 2.85. The van der Waals surface area contributed by atoms with E-state index in [1.807, 2.05) is 31.2 Å². The zero-order valence-electron chi connectivity index (χ0n) is 17.7. The van der Waals surface area contributed by atoms with E-state index >= 15 is 0 Å². The van der Waals surface area contributed by atoms with Gasteiger partial charge < -0.3 is 24.7 Å². The average molecular weight is 527 g/mol. The van der Waals surface area contributed by atoms with Gasteiger partial charge in [0.1, 0.15) is 12.0 Å². The Morgan fingerprint density at radius 2 is 2.03 bits per heavy atom. The summed E-state index contributed by atoms with van der Waals surface area (Å²) >= 11 is 0. The summed E-state index contributed by atoms with van der Waals surface area (Å²) in [5.74, 6) is 1.58. The number of benzene rings is 1. The number of guanidine groups is 1. The largest absolute Gasteiger partial charge is 0.444 e. The lowest BCUT2D eigenvalue weighted by Crippen LogP contribution is -2.44. The van der Waals surface area contributed by atoms with Crippen molar-refractivity contribution in [1.29, 1.82) is 0 Å². The van der Waals surface area contributed by atoms with Gasteiger partial charge in [-0.3, -0.25) is 4.79 Å². The molecule has 0 bridgehead atoms. The molecule has 2 N–H and O–H groups in total. The molecule has 3 rings (SSSR count). The third-order valence-corrected chi connectivity index (χ3v) is 4.74. The molecule has 1 aliphatic rings. The number of aryl methyl sites for hydroxylation is 1. The third-order valence-electron chi connectivity index (χ3n) is 4.74. The SMILES string of the molecule is Cc1ccc(-c2nc(CN=C(NCC(=O)N(C)C)NCC3CCOC3)co2)cc1.I.